The monoisotopic (exact) mass is 221 g/mol. The van der Waals surface area contributed by atoms with E-state index in [1.54, 1.807) is 7.05 Å². The molecule has 0 aromatic heterocycles. The molecule has 0 aliphatic heterocycles. The molecule has 14 heavy (non-hydrogen) atoms. The Balaban J connectivity index is 2.47. The highest BCUT2D eigenvalue weighted by Crippen LogP contribution is 2.35. The molecule has 0 heterocycles. The Morgan fingerprint density at radius 1 is 1.50 bits per heavy atom. The first-order chi connectivity index (χ1) is 6.40. The number of nitrogens with one attached hydrogen (secondary N) is 1. The van der Waals surface area contributed by atoms with E-state index >= 15 is 0 Å². The van der Waals surface area contributed by atoms with Gasteiger partial charge in [0.15, 0.2) is 0 Å². The van der Waals surface area contributed by atoms with Crippen LogP contribution in [0.1, 0.15) is 26.2 Å². The van der Waals surface area contributed by atoms with Gasteiger partial charge in [0.2, 0.25) is 0 Å². The van der Waals surface area contributed by atoms with Gasteiger partial charge in [-0.15, -0.1) is 0 Å². The lowest BCUT2D eigenvalue weighted by molar-refractivity contribution is 0.442. The fourth-order valence-electron chi connectivity index (χ4n) is 1.11. The Kier molecular flexibility index (Phi) is 3.52. The Bertz CT molecular complexity index is 285. The molecule has 0 saturated heterocycles. The van der Waals surface area contributed by atoms with Gasteiger partial charge in [-0.05, 0) is 32.7 Å². The van der Waals surface area contributed by atoms with E-state index in [0.717, 1.165) is 12.8 Å². The molecule has 0 unspecified atom stereocenters. The predicted octanol–water partition coefficient (Wildman–Crippen LogP) is -0.346. The minimum Gasteiger partial charge on any atom is -0.330 e. The van der Waals surface area contributed by atoms with Crippen LogP contribution in [0.3, 0.4) is 0 Å². The lowest BCUT2D eigenvalue weighted by Gasteiger charge is -2.20. The second kappa shape index (κ2) is 4.14. The Hall–Kier alpha value is -0.170. The van der Waals surface area contributed by atoms with Crippen molar-refractivity contribution in [3.8, 4) is 0 Å². The maximum atomic E-state index is 11.7. The van der Waals surface area contributed by atoms with Gasteiger partial charge in [-0.2, -0.15) is 17.4 Å². The summed E-state index contributed by atoms with van der Waals surface area (Å²) in [6, 6.07) is 0. The van der Waals surface area contributed by atoms with Crippen molar-refractivity contribution >= 4 is 10.2 Å². The van der Waals surface area contributed by atoms with Crippen LogP contribution in [0.25, 0.3) is 0 Å². The summed E-state index contributed by atoms with van der Waals surface area (Å²) in [4.78, 5) is 0. The summed E-state index contributed by atoms with van der Waals surface area (Å²) >= 11 is 0. The van der Waals surface area contributed by atoms with Crippen LogP contribution >= 0.6 is 0 Å². The lowest BCUT2D eigenvalue weighted by atomic mass is 10.4. The Morgan fingerprint density at radius 2 is 2.07 bits per heavy atom. The van der Waals surface area contributed by atoms with E-state index < -0.39 is 10.2 Å². The van der Waals surface area contributed by atoms with Gasteiger partial charge in [0.1, 0.15) is 0 Å². The molecule has 1 fully saturated rings. The van der Waals surface area contributed by atoms with Gasteiger partial charge in [-0.1, -0.05) is 0 Å². The topological polar surface area (TPSA) is 75.4 Å². The molecule has 3 N–H and O–H groups in total. The number of hydrogen-bond donors (Lipinski definition) is 2. The van der Waals surface area contributed by atoms with Gasteiger partial charge in [0, 0.05) is 19.1 Å². The largest absolute Gasteiger partial charge is 0.330 e. The molecule has 1 aliphatic rings. The van der Waals surface area contributed by atoms with Gasteiger partial charge in [-0.3, -0.25) is 0 Å². The third-order valence-electron chi connectivity index (χ3n) is 2.46. The predicted molar refractivity (Wildman–Crippen MR) is 56.0 cm³/mol. The Morgan fingerprint density at radius 3 is 2.50 bits per heavy atom. The SMILES string of the molecule is CN(CCCN)S(=O)(=O)NC1(C)CC1. The molecule has 5 nitrogen and oxygen atoms in total. The molecule has 1 saturated carbocycles. The van der Waals surface area contributed by atoms with Crippen molar-refractivity contribution < 1.29 is 8.42 Å². The van der Waals surface area contributed by atoms with Crippen molar-refractivity contribution in [3.05, 3.63) is 0 Å². The first-order valence-corrected chi connectivity index (χ1v) is 6.29. The van der Waals surface area contributed by atoms with E-state index in [4.69, 9.17) is 5.73 Å². The molecule has 0 aromatic rings. The third kappa shape index (κ3) is 3.20. The van der Waals surface area contributed by atoms with E-state index in [2.05, 4.69) is 4.72 Å². The van der Waals surface area contributed by atoms with E-state index in [0.29, 0.717) is 19.5 Å². The van der Waals surface area contributed by atoms with Crippen molar-refractivity contribution in [2.24, 2.45) is 5.73 Å². The van der Waals surface area contributed by atoms with E-state index in [-0.39, 0.29) is 5.54 Å². The molecule has 0 aromatic carbocycles. The number of hydrogen-bond acceptors (Lipinski definition) is 3. The van der Waals surface area contributed by atoms with Crippen LogP contribution in [0.5, 0.6) is 0 Å². The summed E-state index contributed by atoms with van der Waals surface area (Å²) in [5.41, 5.74) is 5.12. The van der Waals surface area contributed by atoms with Crippen LogP contribution in [0, 0.1) is 0 Å². The van der Waals surface area contributed by atoms with E-state index in [1.807, 2.05) is 6.92 Å². The number of rotatable bonds is 6. The summed E-state index contributed by atoms with van der Waals surface area (Å²) in [6.45, 7) is 2.90. The third-order valence-corrected chi connectivity index (χ3v) is 4.22. The van der Waals surface area contributed by atoms with Crippen molar-refractivity contribution in [3.63, 3.8) is 0 Å². The second-order valence-electron chi connectivity index (χ2n) is 4.13. The highest BCUT2D eigenvalue weighted by atomic mass is 32.2. The number of nitrogens with zero attached hydrogens (tertiary/aromatic N) is 1. The first kappa shape index (κ1) is 11.9. The zero-order valence-electron chi connectivity index (χ0n) is 8.78. The number of nitrogens with two attached hydrogens (primary N) is 1. The van der Waals surface area contributed by atoms with Gasteiger partial charge < -0.3 is 5.73 Å². The van der Waals surface area contributed by atoms with E-state index in [9.17, 15) is 8.42 Å². The highest BCUT2D eigenvalue weighted by molar-refractivity contribution is 7.87. The van der Waals surface area contributed by atoms with Crippen molar-refractivity contribution in [1.29, 1.82) is 0 Å². The fraction of sp³-hybridized carbons (Fsp3) is 1.00. The van der Waals surface area contributed by atoms with Crippen LogP contribution in [0.2, 0.25) is 0 Å². The maximum Gasteiger partial charge on any atom is 0.279 e. The van der Waals surface area contributed by atoms with Crippen LogP contribution in [-0.2, 0) is 10.2 Å². The highest BCUT2D eigenvalue weighted by Gasteiger charge is 2.41. The summed E-state index contributed by atoms with van der Waals surface area (Å²) in [6.07, 6.45) is 2.54. The molecule has 0 bridgehead atoms. The molecule has 6 heteroatoms. The quantitative estimate of drug-likeness (QED) is 0.644. The van der Waals surface area contributed by atoms with Gasteiger partial charge in [0.25, 0.3) is 10.2 Å². The standard InChI is InChI=1S/C8H19N3O2S/c1-8(4-5-8)10-14(12,13)11(2)7-3-6-9/h10H,3-7,9H2,1-2H3. The lowest BCUT2D eigenvalue weighted by Crippen LogP contribution is -2.44. The molecule has 1 aliphatic carbocycles. The van der Waals surface area contributed by atoms with Crippen molar-refractivity contribution in [2.45, 2.75) is 31.7 Å². The maximum absolute atomic E-state index is 11.7. The normalized spacial score (nSPS) is 20.0. The zero-order chi connectivity index (χ0) is 10.8. The zero-order valence-corrected chi connectivity index (χ0v) is 9.60. The molecular formula is C8H19N3O2S. The van der Waals surface area contributed by atoms with Crippen LogP contribution in [0.4, 0.5) is 0 Å². The average Bonchev–Trinajstić information content (AvgIpc) is 2.77. The van der Waals surface area contributed by atoms with E-state index in [1.165, 1.54) is 4.31 Å². The van der Waals surface area contributed by atoms with Gasteiger partial charge in [0.05, 0.1) is 0 Å². The minimum absolute atomic E-state index is 0.199. The molecule has 84 valence electrons. The first-order valence-electron chi connectivity index (χ1n) is 4.85. The minimum atomic E-state index is -3.30. The van der Waals surface area contributed by atoms with Crippen LogP contribution in [0.15, 0.2) is 0 Å². The summed E-state index contributed by atoms with van der Waals surface area (Å²) in [5.74, 6) is 0. The van der Waals surface area contributed by atoms with Crippen molar-refractivity contribution in [2.75, 3.05) is 20.1 Å². The summed E-state index contributed by atoms with van der Waals surface area (Å²) in [5, 5.41) is 0. The van der Waals surface area contributed by atoms with Crippen molar-refractivity contribution in [1.82, 2.24) is 9.03 Å². The summed E-state index contributed by atoms with van der Waals surface area (Å²) < 4.78 is 27.3. The summed E-state index contributed by atoms with van der Waals surface area (Å²) in [7, 11) is -1.73. The fourth-order valence-corrected chi connectivity index (χ4v) is 2.47. The second-order valence-corrected chi connectivity index (χ2v) is 5.91. The molecule has 0 amide bonds. The smallest absolute Gasteiger partial charge is 0.279 e. The molecule has 0 spiro atoms. The molecule has 0 radical (unpaired) electrons. The molecular weight excluding hydrogens is 202 g/mol. The van der Waals surface area contributed by atoms with Crippen LogP contribution in [-0.4, -0.2) is 38.4 Å². The Labute approximate surface area is 85.8 Å². The average molecular weight is 221 g/mol. The molecule has 0 atom stereocenters. The van der Waals surface area contributed by atoms with Gasteiger partial charge in [-0.25, -0.2) is 0 Å². The van der Waals surface area contributed by atoms with Gasteiger partial charge >= 0.3 is 0 Å². The molecule has 1 rings (SSSR count). The van der Waals surface area contributed by atoms with Crippen LogP contribution < -0.4 is 10.5 Å².